The molecule has 0 spiro atoms. The molecule has 4 heteroatoms. The summed E-state index contributed by atoms with van der Waals surface area (Å²) in [4.78, 5) is 8.72. The molecule has 0 unspecified atom stereocenters. The normalized spacial score (nSPS) is 13.3. The molecule has 6 aromatic carbocycles. The molecule has 0 aliphatic carbocycles. The Morgan fingerprint density at radius 2 is 1.05 bits per heavy atom. The molecule has 1 aromatic heterocycles. The zero-order chi connectivity index (χ0) is 27.9. The summed E-state index contributed by atoms with van der Waals surface area (Å²) in [6.07, 6.45) is 0. The maximum Gasteiger partial charge on any atom is 0.175 e. The Labute approximate surface area is 249 Å². The highest BCUT2D eigenvalue weighted by atomic mass is 32.2. The van der Waals surface area contributed by atoms with Crippen LogP contribution in [0.25, 0.3) is 11.0 Å². The summed E-state index contributed by atoms with van der Waals surface area (Å²) < 4.78 is 2.45. The second-order valence-electron chi connectivity index (χ2n) is 10.4. The molecule has 0 radical (unpaired) electrons. The molecule has 0 saturated heterocycles. The van der Waals surface area contributed by atoms with Crippen LogP contribution < -0.4 is 4.90 Å². The lowest BCUT2D eigenvalue weighted by Crippen LogP contribution is -2.40. The summed E-state index contributed by atoms with van der Waals surface area (Å²) in [6, 6.07) is 58.3. The van der Waals surface area contributed by atoms with Gasteiger partial charge >= 0.3 is 0 Å². The van der Waals surface area contributed by atoms with Gasteiger partial charge in [0.1, 0.15) is 5.54 Å². The second kappa shape index (κ2) is 10.1. The van der Waals surface area contributed by atoms with E-state index in [-0.39, 0.29) is 0 Å². The van der Waals surface area contributed by atoms with Crippen molar-refractivity contribution in [3.8, 4) is 0 Å². The second-order valence-corrected chi connectivity index (χ2v) is 11.5. The van der Waals surface area contributed by atoms with Crippen LogP contribution in [0, 0.1) is 0 Å². The van der Waals surface area contributed by atoms with Crippen molar-refractivity contribution < 1.29 is 0 Å². The van der Waals surface area contributed by atoms with Gasteiger partial charge in [0.05, 0.1) is 11.0 Å². The van der Waals surface area contributed by atoms with Gasteiger partial charge in [0.15, 0.2) is 5.16 Å². The topological polar surface area (TPSA) is 21.1 Å². The summed E-state index contributed by atoms with van der Waals surface area (Å²) in [7, 11) is 0. The molecule has 0 bridgehead atoms. The van der Waals surface area contributed by atoms with Crippen LogP contribution in [-0.4, -0.2) is 9.55 Å². The fourth-order valence-electron chi connectivity index (χ4n) is 6.34. The zero-order valence-electron chi connectivity index (χ0n) is 22.8. The highest BCUT2D eigenvalue weighted by molar-refractivity contribution is 7.99. The minimum absolute atomic E-state index is 0.600. The standard InChI is InChI=1S/C38H27N3S/c1-5-15-28(16-6-1)38(29-17-7-2-8-18-29)33-26-25-32(40(30-19-9-3-10-20-30)31-21-11-4-12-22-31)27-36(33)42-37-39-34-23-13-14-24-35(34)41(37)38/h1-27H. The third-order valence-electron chi connectivity index (χ3n) is 8.09. The molecule has 0 N–H and O–H groups in total. The SMILES string of the molecule is c1ccc(N(c2ccccc2)c2ccc3c(c2)Sc2nc4ccccc4n2C3(c2ccccc2)c2ccccc2)cc1. The summed E-state index contributed by atoms with van der Waals surface area (Å²) in [5.74, 6) is 0. The molecular weight excluding hydrogens is 531 g/mol. The van der Waals surface area contributed by atoms with Crippen LogP contribution >= 0.6 is 11.8 Å². The van der Waals surface area contributed by atoms with E-state index < -0.39 is 5.54 Å². The maximum absolute atomic E-state index is 5.20. The van der Waals surface area contributed by atoms with E-state index >= 15 is 0 Å². The molecule has 0 atom stereocenters. The Kier molecular flexibility index (Phi) is 5.94. The molecule has 200 valence electrons. The molecule has 8 rings (SSSR count). The average molecular weight is 558 g/mol. The predicted octanol–water partition coefficient (Wildman–Crippen LogP) is 9.81. The van der Waals surface area contributed by atoms with Gasteiger partial charge in [0.2, 0.25) is 0 Å². The summed E-state index contributed by atoms with van der Waals surface area (Å²) >= 11 is 1.75. The highest BCUT2D eigenvalue weighted by Gasteiger charge is 2.45. The minimum atomic E-state index is -0.600. The van der Waals surface area contributed by atoms with E-state index in [1.54, 1.807) is 11.8 Å². The lowest BCUT2D eigenvalue weighted by Gasteiger charge is -2.42. The smallest absolute Gasteiger partial charge is 0.175 e. The Morgan fingerprint density at radius 1 is 0.524 bits per heavy atom. The van der Waals surface area contributed by atoms with Crippen molar-refractivity contribution in [2.45, 2.75) is 15.6 Å². The number of fused-ring (bicyclic) bond motifs is 4. The summed E-state index contributed by atoms with van der Waals surface area (Å²) in [5.41, 5.74) is 8.52. The van der Waals surface area contributed by atoms with Crippen LogP contribution in [0.3, 0.4) is 0 Å². The predicted molar refractivity (Wildman–Crippen MR) is 173 cm³/mol. The van der Waals surface area contributed by atoms with Gasteiger partial charge < -0.3 is 4.90 Å². The van der Waals surface area contributed by atoms with Crippen molar-refractivity contribution in [1.29, 1.82) is 0 Å². The van der Waals surface area contributed by atoms with E-state index in [9.17, 15) is 0 Å². The Hall–Kier alpha value is -5.06. The van der Waals surface area contributed by atoms with E-state index in [4.69, 9.17) is 4.98 Å². The summed E-state index contributed by atoms with van der Waals surface area (Å²) in [6.45, 7) is 0. The van der Waals surface area contributed by atoms with Crippen molar-refractivity contribution in [3.05, 3.63) is 180 Å². The van der Waals surface area contributed by atoms with Crippen LogP contribution in [0.1, 0.15) is 16.7 Å². The van der Waals surface area contributed by atoms with E-state index in [1.165, 1.54) is 21.6 Å². The molecule has 3 nitrogen and oxygen atoms in total. The monoisotopic (exact) mass is 557 g/mol. The van der Waals surface area contributed by atoms with Crippen molar-refractivity contribution in [1.82, 2.24) is 9.55 Å². The van der Waals surface area contributed by atoms with E-state index in [0.29, 0.717) is 0 Å². The number of hydrogen-bond donors (Lipinski definition) is 0. The van der Waals surface area contributed by atoms with Gasteiger partial charge in [-0.3, -0.25) is 4.57 Å². The Balaban J connectivity index is 1.44. The van der Waals surface area contributed by atoms with Crippen LogP contribution in [0.4, 0.5) is 17.1 Å². The van der Waals surface area contributed by atoms with Crippen molar-refractivity contribution in [3.63, 3.8) is 0 Å². The molecule has 7 aromatic rings. The molecule has 0 saturated carbocycles. The number of imidazole rings is 1. The van der Waals surface area contributed by atoms with Crippen LogP contribution in [0.2, 0.25) is 0 Å². The van der Waals surface area contributed by atoms with Crippen molar-refractivity contribution >= 4 is 39.9 Å². The van der Waals surface area contributed by atoms with Gasteiger partial charge in [-0.2, -0.15) is 0 Å². The first-order valence-corrected chi connectivity index (χ1v) is 15.0. The quantitative estimate of drug-likeness (QED) is 0.210. The third kappa shape index (κ3) is 3.80. The summed E-state index contributed by atoms with van der Waals surface area (Å²) in [5, 5.41) is 0.986. The van der Waals surface area contributed by atoms with Crippen LogP contribution in [-0.2, 0) is 5.54 Å². The lowest BCUT2D eigenvalue weighted by atomic mass is 9.76. The van der Waals surface area contributed by atoms with E-state index in [1.807, 2.05) is 0 Å². The zero-order valence-corrected chi connectivity index (χ0v) is 23.7. The highest BCUT2D eigenvalue weighted by Crippen LogP contribution is 2.54. The number of aromatic nitrogens is 2. The lowest BCUT2D eigenvalue weighted by molar-refractivity contribution is 0.473. The largest absolute Gasteiger partial charge is 0.310 e. The molecule has 0 amide bonds. The number of anilines is 3. The number of benzene rings is 6. The Morgan fingerprint density at radius 3 is 1.64 bits per heavy atom. The van der Waals surface area contributed by atoms with E-state index in [2.05, 4.69) is 173 Å². The molecule has 2 heterocycles. The fraction of sp³-hybridized carbons (Fsp3) is 0.0263. The number of nitrogens with zero attached hydrogens (tertiary/aromatic N) is 3. The first kappa shape index (κ1) is 24.7. The van der Waals surface area contributed by atoms with Crippen LogP contribution in [0.5, 0.6) is 0 Å². The third-order valence-corrected chi connectivity index (χ3v) is 9.11. The number of rotatable bonds is 5. The van der Waals surface area contributed by atoms with Gasteiger partial charge in [0.25, 0.3) is 0 Å². The van der Waals surface area contributed by atoms with E-state index in [0.717, 1.165) is 33.3 Å². The Bertz CT molecular complexity index is 1920. The van der Waals surface area contributed by atoms with Crippen molar-refractivity contribution in [2.24, 2.45) is 0 Å². The maximum atomic E-state index is 5.20. The average Bonchev–Trinajstić information content (AvgIpc) is 3.44. The number of hydrogen-bond acceptors (Lipinski definition) is 3. The van der Waals surface area contributed by atoms with Gasteiger partial charge in [-0.25, -0.2) is 4.98 Å². The van der Waals surface area contributed by atoms with Gasteiger partial charge in [-0.05, 0) is 59.7 Å². The molecule has 0 fully saturated rings. The molecular formula is C38H27N3S. The fourth-order valence-corrected chi connectivity index (χ4v) is 7.52. The van der Waals surface area contributed by atoms with Gasteiger partial charge in [-0.1, -0.05) is 127 Å². The minimum Gasteiger partial charge on any atom is -0.310 e. The molecule has 42 heavy (non-hydrogen) atoms. The van der Waals surface area contributed by atoms with Gasteiger partial charge in [-0.15, -0.1) is 0 Å². The molecule has 1 aliphatic rings. The number of para-hydroxylation sites is 4. The van der Waals surface area contributed by atoms with Crippen LogP contribution in [0.15, 0.2) is 174 Å². The first-order chi connectivity index (χ1) is 20.8. The first-order valence-electron chi connectivity index (χ1n) is 14.2. The van der Waals surface area contributed by atoms with Crippen molar-refractivity contribution in [2.75, 3.05) is 4.90 Å². The molecule has 1 aliphatic heterocycles. The van der Waals surface area contributed by atoms with Gasteiger partial charge in [0, 0.05) is 27.5 Å².